The maximum atomic E-state index is 14.3. The molecule has 0 bridgehead atoms. The van der Waals surface area contributed by atoms with Gasteiger partial charge in [0.05, 0.1) is 22.5 Å². The number of nitrogens with zero attached hydrogens (tertiary/aromatic N) is 2. The number of carbonyl (C=O) groups is 1. The quantitative estimate of drug-likeness (QED) is 0.453. The minimum absolute atomic E-state index is 0.0630. The van der Waals surface area contributed by atoms with E-state index in [9.17, 15) is 9.18 Å². The van der Waals surface area contributed by atoms with Gasteiger partial charge in [0, 0.05) is 27.9 Å². The molecule has 0 saturated heterocycles. The molecule has 0 atom stereocenters. The normalized spacial score (nSPS) is 11.3. The van der Waals surface area contributed by atoms with Gasteiger partial charge in [-0.25, -0.2) is 4.39 Å². The molecule has 0 spiro atoms. The third-order valence-corrected chi connectivity index (χ3v) is 5.48. The number of carbonyl (C=O) groups excluding carboxylic acids is 1. The molecule has 2 aromatic carbocycles. The zero-order valence-electron chi connectivity index (χ0n) is 16.2. The first-order valence-corrected chi connectivity index (χ1v) is 10.3. The Kier molecular flexibility index (Phi) is 5.90. The number of hydrogen-bond acceptors (Lipinski definition) is 4. The smallest absolute Gasteiger partial charge is 0.255 e. The minimum Gasteiger partial charge on any atom is -0.352 e. The Morgan fingerprint density at radius 1 is 1.17 bits per heavy atom. The van der Waals surface area contributed by atoms with E-state index in [-0.39, 0.29) is 5.56 Å². The first-order chi connectivity index (χ1) is 14.7. The van der Waals surface area contributed by atoms with Gasteiger partial charge in [-0.1, -0.05) is 23.9 Å². The molecule has 0 aliphatic rings. The molecule has 0 aliphatic heterocycles. The van der Waals surface area contributed by atoms with Gasteiger partial charge in [-0.3, -0.25) is 14.9 Å². The number of H-pyrrole nitrogens is 1. The summed E-state index contributed by atoms with van der Waals surface area (Å²) in [6.07, 6.45) is 5.56. The third kappa shape index (κ3) is 4.26. The Balaban J connectivity index is 1.61. The van der Waals surface area contributed by atoms with Gasteiger partial charge in [-0.05, 0) is 61.5 Å². The SMILES string of the molecule is CCNC(=O)c1c(F)cccc1Sc1ccc2c(C=Cc3ccccn3)n[nH]c2c1. The fourth-order valence-electron chi connectivity index (χ4n) is 3.03. The van der Waals surface area contributed by atoms with Crippen molar-refractivity contribution in [2.45, 2.75) is 16.7 Å². The zero-order chi connectivity index (χ0) is 20.9. The van der Waals surface area contributed by atoms with Gasteiger partial charge in [0.2, 0.25) is 0 Å². The van der Waals surface area contributed by atoms with Crippen LogP contribution in [0.15, 0.2) is 70.6 Å². The first-order valence-electron chi connectivity index (χ1n) is 9.47. The molecule has 0 saturated carbocycles. The van der Waals surface area contributed by atoms with E-state index < -0.39 is 11.7 Å². The highest BCUT2D eigenvalue weighted by molar-refractivity contribution is 7.99. The number of pyridine rings is 1. The lowest BCUT2D eigenvalue weighted by Crippen LogP contribution is -2.24. The van der Waals surface area contributed by atoms with Crippen LogP contribution in [0, 0.1) is 5.82 Å². The second-order valence-corrected chi connectivity index (χ2v) is 7.59. The van der Waals surface area contributed by atoms with Crippen molar-refractivity contribution in [3.8, 4) is 0 Å². The predicted molar refractivity (Wildman–Crippen MR) is 118 cm³/mol. The van der Waals surface area contributed by atoms with Crippen molar-refractivity contribution in [3.05, 3.63) is 83.6 Å². The molecule has 0 fully saturated rings. The molecule has 150 valence electrons. The predicted octanol–water partition coefficient (Wildman–Crippen LogP) is 5.17. The van der Waals surface area contributed by atoms with E-state index in [4.69, 9.17) is 0 Å². The van der Waals surface area contributed by atoms with Crippen LogP contribution in [0.3, 0.4) is 0 Å². The van der Waals surface area contributed by atoms with Crippen molar-refractivity contribution >= 4 is 40.7 Å². The topological polar surface area (TPSA) is 70.7 Å². The van der Waals surface area contributed by atoms with Gasteiger partial charge in [-0.15, -0.1) is 0 Å². The van der Waals surface area contributed by atoms with Gasteiger partial charge in [0.25, 0.3) is 5.91 Å². The summed E-state index contributed by atoms with van der Waals surface area (Å²) < 4.78 is 14.3. The maximum Gasteiger partial charge on any atom is 0.255 e. The second kappa shape index (κ2) is 8.92. The molecule has 30 heavy (non-hydrogen) atoms. The minimum atomic E-state index is -0.532. The summed E-state index contributed by atoms with van der Waals surface area (Å²) in [5.41, 5.74) is 2.58. The molecular weight excluding hydrogens is 399 g/mol. The van der Waals surface area contributed by atoms with Crippen molar-refractivity contribution in [1.29, 1.82) is 0 Å². The fraction of sp³-hybridized carbons (Fsp3) is 0.0870. The van der Waals surface area contributed by atoms with Gasteiger partial charge < -0.3 is 5.32 Å². The number of rotatable bonds is 6. The molecule has 4 aromatic rings. The summed E-state index contributed by atoms with van der Waals surface area (Å²) in [6.45, 7) is 2.24. The monoisotopic (exact) mass is 418 g/mol. The number of nitrogens with one attached hydrogen (secondary N) is 2. The molecule has 2 aromatic heterocycles. The Morgan fingerprint density at radius 3 is 2.87 bits per heavy atom. The number of aromatic nitrogens is 3. The Bertz CT molecular complexity index is 1220. The van der Waals surface area contributed by atoms with Crippen LogP contribution in [-0.4, -0.2) is 27.6 Å². The number of amides is 1. The molecule has 2 heterocycles. The molecule has 0 radical (unpaired) electrons. The third-order valence-electron chi connectivity index (χ3n) is 4.43. The number of fused-ring (bicyclic) bond motifs is 1. The molecule has 0 unspecified atom stereocenters. The van der Waals surface area contributed by atoms with Gasteiger partial charge in [0.15, 0.2) is 0 Å². The lowest BCUT2D eigenvalue weighted by Gasteiger charge is -2.10. The average molecular weight is 418 g/mol. The average Bonchev–Trinajstić information content (AvgIpc) is 3.15. The molecule has 4 rings (SSSR count). The van der Waals surface area contributed by atoms with Crippen molar-refractivity contribution in [3.63, 3.8) is 0 Å². The van der Waals surface area contributed by atoms with Crippen LogP contribution in [-0.2, 0) is 0 Å². The van der Waals surface area contributed by atoms with Crippen LogP contribution in [0.5, 0.6) is 0 Å². The molecular formula is C23H19FN4OS. The second-order valence-electron chi connectivity index (χ2n) is 6.48. The van der Waals surface area contributed by atoms with Crippen LogP contribution >= 0.6 is 11.8 Å². The molecule has 5 nitrogen and oxygen atoms in total. The Hall–Kier alpha value is -3.45. The van der Waals surface area contributed by atoms with Crippen LogP contribution < -0.4 is 5.32 Å². The van der Waals surface area contributed by atoms with Crippen LogP contribution in [0.25, 0.3) is 23.1 Å². The van der Waals surface area contributed by atoms with E-state index in [0.29, 0.717) is 11.4 Å². The van der Waals surface area contributed by atoms with Crippen LogP contribution in [0.4, 0.5) is 4.39 Å². The van der Waals surface area contributed by atoms with Gasteiger partial charge >= 0.3 is 0 Å². The lowest BCUT2D eigenvalue weighted by molar-refractivity contribution is 0.0948. The summed E-state index contributed by atoms with van der Waals surface area (Å²) in [4.78, 5) is 18.0. The highest BCUT2D eigenvalue weighted by Crippen LogP contribution is 2.33. The van der Waals surface area contributed by atoms with Gasteiger partial charge in [-0.2, -0.15) is 5.10 Å². The number of aromatic amines is 1. The van der Waals surface area contributed by atoms with Crippen molar-refractivity contribution in [1.82, 2.24) is 20.5 Å². The lowest BCUT2D eigenvalue weighted by atomic mass is 10.2. The van der Waals surface area contributed by atoms with Crippen LogP contribution in [0.2, 0.25) is 0 Å². The number of benzene rings is 2. The Morgan fingerprint density at radius 2 is 2.07 bits per heavy atom. The van der Waals surface area contributed by atoms with Crippen LogP contribution in [0.1, 0.15) is 28.7 Å². The number of hydrogen-bond donors (Lipinski definition) is 2. The Labute approximate surface area is 177 Å². The van der Waals surface area contributed by atoms with E-state index in [0.717, 1.165) is 27.2 Å². The van der Waals surface area contributed by atoms with Crippen molar-refractivity contribution < 1.29 is 9.18 Å². The van der Waals surface area contributed by atoms with E-state index >= 15 is 0 Å². The fourth-order valence-corrected chi connectivity index (χ4v) is 4.04. The van der Waals surface area contributed by atoms with E-state index in [1.807, 2.05) is 48.6 Å². The first kappa shape index (κ1) is 19.8. The largest absolute Gasteiger partial charge is 0.352 e. The molecule has 7 heteroatoms. The van der Waals surface area contributed by atoms with E-state index in [1.54, 1.807) is 25.3 Å². The summed E-state index contributed by atoms with van der Waals surface area (Å²) in [5.74, 6) is -0.946. The summed E-state index contributed by atoms with van der Waals surface area (Å²) in [5, 5.41) is 11.0. The zero-order valence-corrected chi connectivity index (χ0v) is 17.0. The highest BCUT2D eigenvalue weighted by atomic mass is 32.2. The van der Waals surface area contributed by atoms with E-state index in [1.165, 1.54) is 17.8 Å². The molecule has 0 aliphatic carbocycles. The summed E-state index contributed by atoms with van der Waals surface area (Å²) in [6, 6.07) is 16.2. The maximum absolute atomic E-state index is 14.3. The van der Waals surface area contributed by atoms with Crippen molar-refractivity contribution in [2.24, 2.45) is 0 Å². The molecule has 2 N–H and O–H groups in total. The van der Waals surface area contributed by atoms with Crippen molar-refractivity contribution in [2.75, 3.05) is 6.54 Å². The molecule has 1 amide bonds. The van der Waals surface area contributed by atoms with E-state index in [2.05, 4.69) is 20.5 Å². The standard InChI is InChI=1S/C23H19FN4OS/c1-2-25-23(29)22-18(24)7-5-8-21(22)30-16-10-11-17-19(27-28-20(17)14-16)12-9-15-6-3-4-13-26-15/h3-14H,2H2,1H3,(H,25,29)(H,27,28). The summed E-state index contributed by atoms with van der Waals surface area (Å²) >= 11 is 1.34. The summed E-state index contributed by atoms with van der Waals surface area (Å²) in [7, 11) is 0. The number of halogens is 1. The highest BCUT2D eigenvalue weighted by Gasteiger charge is 2.17. The van der Waals surface area contributed by atoms with Gasteiger partial charge in [0.1, 0.15) is 5.82 Å².